The molecule has 3 aromatic rings. The van der Waals surface area contributed by atoms with Gasteiger partial charge in [-0.3, -0.25) is 14.5 Å². The number of hydrogen-bond acceptors (Lipinski definition) is 6. The molecule has 0 amide bonds. The fraction of sp³-hybridized carbons (Fsp3) is 0.167. The Labute approximate surface area is 152 Å². The first-order valence-electron chi connectivity index (χ1n) is 7.76. The highest BCUT2D eigenvalue weighted by Gasteiger charge is 2.17. The van der Waals surface area contributed by atoms with Crippen LogP contribution in [0, 0.1) is 0 Å². The zero-order chi connectivity index (χ0) is 18.7. The number of phenolic OH excluding ortho intramolecular Hbond substituents is 1. The molecule has 0 spiro atoms. The number of phenols is 1. The van der Waals surface area contributed by atoms with Gasteiger partial charge in [0.2, 0.25) is 0 Å². The molecule has 3 N–H and O–H groups in total. The highest BCUT2D eigenvalue weighted by atomic mass is 32.1. The van der Waals surface area contributed by atoms with Crippen molar-refractivity contribution in [2.75, 3.05) is 13.1 Å². The molecule has 2 aromatic carbocycles. The van der Waals surface area contributed by atoms with Gasteiger partial charge in [0, 0.05) is 17.7 Å². The van der Waals surface area contributed by atoms with Gasteiger partial charge in [0.05, 0.1) is 23.3 Å². The van der Waals surface area contributed by atoms with E-state index in [0.717, 1.165) is 20.8 Å². The van der Waals surface area contributed by atoms with Gasteiger partial charge in [-0.2, -0.15) is 0 Å². The third-order valence-electron chi connectivity index (χ3n) is 3.73. The molecule has 0 saturated heterocycles. The number of benzene rings is 2. The van der Waals surface area contributed by atoms with E-state index in [1.807, 2.05) is 24.3 Å². The number of fused-ring (bicyclic) bond motifs is 1. The second-order valence-electron chi connectivity index (χ2n) is 5.76. The molecule has 1 aromatic heterocycles. The van der Waals surface area contributed by atoms with Crippen molar-refractivity contribution in [1.82, 2.24) is 9.88 Å². The number of thiazole rings is 1. The molecule has 0 fully saturated rings. The molecule has 0 aliphatic rings. The lowest BCUT2D eigenvalue weighted by Gasteiger charge is -2.19. The van der Waals surface area contributed by atoms with Gasteiger partial charge < -0.3 is 15.3 Å². The number of aromatic nitrogens is 1. The summed E-state index contributed by atoms with van der Waals surface area (Å²) in [6.45, 7) is -0.864. The van der Waals surface area contributed by atoms with Gasteiger partial charge in [-0.05, 0) is 30.3 Å². The van der Waals surface area contributed by atoms with Crippen LogP contribution in [0.4, 0.5) is 0 Å². The fourth-order valence-electron chi connectivity index (χ4n) is 2.63. The molecule has 3 rings (SSSR count). The summed E-state index contributed by atoms with van der Waals surface area (Å²) in [5, 5.41) is 28.8. The van der Waals surface area contributed by atoms with Crippen molar-refractivity contribution in [3.8, 4) is 16.3 Å². The molecule has 0 atom stereocenters. The Morgan fingerprint density at radius 2 is 1.73 bits per heavy atom. The maximum Gasteiger partial charge on any atom is 0.317 e. The smallest absolute Gasteiger partial charge is 0.317 e. The maximum absolute atomic E-state index is 10.9. The van der Waals surface area contributed by atoms with Gasteiger partial charge in [0.25, 0.3) is 0 Å². The van der Waals surface area contributed by atoms with E-state index in [-0.39, 0.29) is 12.3 Å². The van der Waals surface area contributed by atoms with Gasteiger partial charge in [-0.1, -0.05) is 12.1 Å². The van der Waals surface area contributed by atoms with Crippen LogP contribution in [0.3, 0.4) is 0 Å². The molecule has 0 unspecified atom stereocenters. The van der Waals surface area contributed by atoms with Crippen molar-refractivity contribution < 1.29 is 24.9 Å². The third kappa shape index (κ3) is 4.16. The monoisotopic (exact) mass is 372 g/mol. The lowest BCUT2D eigenvalue weighted by molar-refractivity contribution is -0.142. The molecular weight excluding hydrogens is 356 g/mol. The van der Waals surface area contributed by atoms with Crippen molar-refractivity contribution in [2.45, 2.75) is 6.54 Å². The van der Waals surface area contributed by atoms with E-state index in [2.05, 4.69) is 4.98 Å². The zero-order valence-corrected chi connectivity index (χ0v) is 14.4. The summed E-state index contributed by atoms with van der Waals surface area (Å²) in [6, 6.07) is 12.7. The number of nitrogens with zero attached hydrogens (tertiary/aromatic N) is 2. The average Bonchev–Trinajstić information content (AvgIpc) is 2.99. The Bertz CT molecular complexity index is 920. The summed E-state index contributed by atoms with van der Waals surface area (Å²) in [4.78, 5) is 27.7. The van der Waals surface area contributed by atoms with E-state index in [4.69, 9.17) is 10.2 Å². The summed E-state index contributed by atoms with van der Waals surface area (Å²) in [6.07, 6.45) is 0. The maximum atomic E-state index is 10.9. The first-order valence-corrected chi connectivity index (χ1v) is 8.58. The summed E-state index contributed by atoms with van der Waals surface area (Å²) in [7, 11) is 0. The Morgan fingerprint density at radius 1 is 1.04 bits per heavy atom. The summed E-state index contributed by atoms with van der Waals surface area (Å²) in [5.41, 5.74) is 2.11. The van der Waals surface area contributed by atoms with Gasteiger partial charge in [0.15, 0.2) is 0 Å². The van der Waals surface area contributed by atoms with Crippen LogP contribution >= 0.6 is 11.3 Å². The van der Waals surface area contributed by atoms with Gasteiger partial charge in [-0.15, -0.1) is 11.3 Å². The van der Waals surface area contributed by atoms with Crippen molar-refractivity contribution in [3.05, 3.63) is 48.0 Å². The van der Waals surface area contributed by atoms with Gasteiger partial charge in [-0.25, -0.2) is 4.98 Å². The third-order valence-corrected chi connectivity index (χ3v) is 4.82. The topological polar surface area (TPSA) is 111 Å². The van der Waals surface area contributed by atoms with E-state index in [1.54, 1.807) is 12.1 Å². The van der Waals surface area contributed by atoms with Crippen molar-refractivity contribution in [2.24, 2.45) is 0 Å². The molecule has 0 radical (unpaired) electrons. The largest absolute Gasteiger partial charge is 0.508 e. The molecule has 7 nitrogen and oxygen atoms in total. The molecular formula is C18H16N2O5S. The lowest BCUT2D eigenvalue weighted by Crippen LogP contribution is -2.34. The predicted octanol–water partition coefficient (Wildman–Crippen LogP) is 2.64. The minimum absolute atomic E-state index is 0.00314. The average molecular weight is 372 g/mol. The number of hydrogen-bond donors (Lipinski definition) is 3. The quantitative estimate of drug-likeness (QED) is 0.584. The number of para-hydroxylation sites is 1. The number of aromatic hydroxyl groups is 1. The van der Waals surface area contributed by atoms with Crippen molar-refractivity contribution in [3.63, 3.8) is 0 Å². The first kappa shape index (κ1) is 17.8. The van der Waals surface area contributed by atoms with Crippen LogP contribution < -0.4 is 0 Å². The highest BCUT2D eigenvalue weighted by molar-refractivity contribution is 7.21. The van der Waals surface area contributed by atoms with E-state index in [0.29, 0.717) is 5.56 Å². The van der Waals surface area contributed by atoms with E-state index in [1.165, 1.54) is 22.3 Å². The molecule has 8 heteroatoms. The number of carboxylic acids is 2. The van der Waals surface area contributed by atoms with Crippen LogP contribution in [0.1, 0.15) is 5.56 Å². The van der Waals surface area contributed by atoms with Crippen LogP contribution in [0.25, 0.3) is 20.8 Å². The predicted molar refractivity (Wildman–Crippen MR) is 97.3 cm³/mol. The molecule has 134 valence electrons. The van der Waals surface area contributed by atoms with Crippen LogP contribution in [0.15, 0.2) is 42.5 Å². The number of rotatable bonds is 7. The Hall–Kier alpha value is -2.97. The Kier molecular flexibility index (Phi) is 5.15. The van der Waals surface area contributed by atoms with E-state index >= 15 is 0 Å². The Balaban J connectivity index is 1.91. The number of aliphatic carboxylic acids is 2. The van der Waals surface area contributed by atoms with Gasteiger partial charge in [0.1, 0.15) is 10.8 Å². The van der Waals surface area contributed by atoms with Crippen molar-refractivity contribution in [1.29, 1.82) is 0 Å². The number of carboxylic acid groups (broad SMARTS) is 2. The minimum atomic E-state index is -1.13. The summed E-state index contributed by atoms with van der Waals surface area (Å²) in [5.74, 6) is -2.28. The lowest BCUT2D eigenvalue weighted by atomic mass is 10.1. The molecule has 26 heavy (non-hydrogen) atoms. The van der Waals surface area contributed by atoms with Crippen LogP contribution in [-0.4, -0.2) is 50.2 Å². The highest BCUT2D eigenvalue weighted by Crippen LogP contribution is 2.32. The normalized spacial score (nSPS) is 11.1. The Morgan fingerprint density at radius 3 is 2.38 bits per heavy atom. The molecule has 0 aliphatic heterocycles. The zero-order valence-electron chi connectivity index (χ0n) is 13.6. The standard InChI is InChI=1S/C18H16N2O5S/c21-14-6-5-11(18-19-13-3-1-2-4-15(13)26-18)7-12(14)8-20(9-16(22)23)10-17(24)25/h1-7,21H,8-10H2,(H,22,23)(H,24,25). The second-order valence-corrected chi connectivity index (χ2v) is 6.79. The molecule has 0 aliphatic carbocycles. The molecule has 1 heterocycles. The second kappa shape index (κ2) is 7.51. The summed E-state index contributed by atoms with van der Waals surface area (Å²) < 4.78 is 1.04. The minimum Gasteiger partial charge on any atom is -0.508 e. The fourth-order valence-corrected chi connectivity index (χ4v) is 3.59. The molecule has 0 saturated carbocycles. The van der Waals surface area contributed by atoms with E-state index < -0.39 is 25.0 Å². The van der Waals surface area contributed by atoms with Gasteiger partial charge >= 0.3 is 11.9 Å². The summed E-state index contributed by atoms with van der Waals surface area (Å²) >= 11 is 1.51. The van der Waals surface area contributed by atoms with E-state index in [9.17, 15) is 14.7 Å². The SMILES string of the molecule is O=C(O)CN(CC(=O)O)Cc1cc(-c2nc3ccccc3s2)ccc1O. The molecule has 0 bridgehead atoms. The van der Waals surface area contributed by atoms with Crippen LogP contribution in [-0.2, 0) is 16.1 Å². The van der Waals surface area contributed by atoms with Crippen LogP contribution in [0.2, 0.25) is 0 Å². The number of carbonyl (C=O) groups is 2. The van der Waals surface area contributed by atoms with Crippen LogP contribution in [0.5, 0.6) is 5.75 Å². The first-order chi connectivity index (χ1) is 12.4. The van der Waals surface area contributed by atoms with Crippen molar-refractivity contribution >= 4 is 33.5 Å².